The van der Waals surface area contributed by atoms with Gasteiger partial charge in [-0.2, -0.15) is 0 Å². The van der Waals surface area contributed by atoms with Gasteiger partial charge in [-0.25, -0.2) is 9.97 Å². The fourth-order valence-corrected chi connectivity index (χ4v) is 2.50. The molecule has 100 valence electrons. The lowest BCUT2D eigenvalue weighted by molar-refractivity contribution is 0.247. The van der Waals surface area contributed by atoms with Gasteiger partial charge in [0.2, 0.25) is 0 Å². The lowest BCUT2D eigenvalue weighted by Crippen LogP contribution is -2.45. The topological polar surface area (TPSA) is 44.3 Å². The number of nitrogens with zero attached hydrogens (tertiary/aromatic N) is 4. The summed E-state index contributed by atoms with van der Waals surface area (Å²) < 4.78 is 0. The summed E-state index contributed by atoms with van der Waals surface area (Å²) in [5, 5.41) is 3.09. The van der Waals surface area contributed by atoms with Gasteiger partial charge in [0, 0.05) is 32.7 Å². The molecule has 1 atom stereocenters. The Kier molecular flexibility index (Phi) is 4.01. The maximum atomic E-state index is 4.54. The maximum absolute atomic E-state index is 4.54. The second-order valence-electron chi connectivity index (χ2n) is 5.08. The number of hydrogen-bond donors (Lipinski definition) is 1. The monoisotopic (exact) mass is 249 g/mol. The summed E-state index contributed by atoms with van der Waals surface area (Å²) in [5.74, 6) is 2.70. The number of nitrogens with one attached hydrogen (secondary N) is 1. The predicted octanol–water partition coefficient (Wildman–Crippen LogP) is 1.36. The molecule has 1 aromatic heterocycles. The van der Waals surface area contributed by atoms with Gasteiger partial charge in [-0.15, -0.1) is 0 Å². The molecule has 0 bridgehead atoms. The summed E-state index contributed by atoms with van der Waals surface area (Å²) in [5.41, 5.74) is 0. The van der Waals surface area contributed by atoms with Crippen molar-refractivity contribution < 1.29 is 0 Å². The molecule has 0 amide bonds. The largest absolute Gasteiger partial charge is 0.373 e. The van der Waals surface area contributed by atoms with Gasteiger partial charge in [0.25, 0.3) is 0 Å². The van der Waals surface area contributed by atoms with Crippen LogP contribution in [0.1, 0.15) is 18.7 Å². The van der Waals surface area contributed by atoms with E-state index in [-0.39, 0.29) is 0 Å². The van der Waals surface area contributed by atoms with Gasteiger partial charge >= 0.3 is 0 Å². The van der Waals surface area contributed by atoms with E-state index in [1.807, 2.05) is 20.0 Å². The van der Waals surface area contributed by atoms with Crippen LogP contribution in [0.3, 0.4) is 0 Å². The molecule has 0 spiro atoms. The van der Waals surface area contributed by atoms with Crippen molar-refractivity contribution in [1.29, 1.82) is 0 Å². The number of rotatable bonds is 3. The Morgan fingerprint density at radius 3 is 2.89 bits per heavy atom. The zero-order valence-corrected chi connectivity index (χ0v) is 11.8. The van der Waals surface area contributed by atoms with Gasteiger partial charge < -0.3 is 15.1 Å². The highest BCUT2D eigenvalue weighted by molar-refractivity contribution is 5.49. The first-order valence-electron chi connectivity index (χ1n) is 6.55. The maximum Gasteiger partial charge on any atom is 0.134 e. The smallest absolute Gasteiger partial charge is 0.134 e. The van der Waals surface area contributed by atoms with Gasteiger partial charge in [0.05, 0.1) is 0 Å². The Morgan fingerprint density at radius 2 is 2.22 bits per heavy atom. The van der Waals surface area contributed by atoms with Crippen LogP contribution in [-0.2, 0) is 0 Å². The van der Waals surface area contributed by atoms with E-state index >= 15 is 0 Å². The van der Waals surface area contributed by atoms with Crippen LogP contribution in [0.4, 0.5) is 11.6 Å². The molecule has 2 heterocycles. The standard InChI is InChI=1S/C13H23N5/c1-10-15-12(14-2)8-13(16-10)18(4)11-6-5-7-17(3)9-11/h8,11H,5-7,9H2,1-4H3,(H,14,15,16). The van der Waals surface area contributed by atoms with Gasteiger partial charge in [0.15, 0.2) is 0 Å². The van der Waals surface area contributed by atoms with Crippen LogP contribution in [-0.4, -0.2) is 55.1 Å². The fraction of sp³-hybridized carbons (Fsp3) is 0.692. The lowest BCUT2D eigenvalue weighted by atomic mass is 10.1. The Balaban J connectivity index is 2.16. The molecule has 2 rings (SSSR count). The van der Waals surface area contributed by atoms with Crippen molar-refractivity contribution >= 4 is 11.6 Å². The third-order valence-electron chi connectivity index (χ3n) is 3.59. The zero-order valence-electron chi connectivity index (χ0n) is 11.8. The molecule has 0 aliphatic carbocycles. The number of aromatic nitrogens is 2. The third kappa shape index (κ3) is 2.90. The van der Waals surface area contributed by atoms with Crippen molar-refractivity contribution in [3.63, 3.8) is 0 Å². The summed E-state index contributed by atoms with van der Waals surface area (Å²) >= 11 is 0. The van der Waals surface area contributed by atoms with Gasteiger partial charge in [0.1, 0.15) is 17.5 Å². The number of aryl methyl sites for hydroxylation is 1. The van der Waals surface area contributed by atoms with E-state index in [4.69, 9.17) is 0 Å². The molecule has 0 aromatic carbocycles. The molecule has 0 saturated carbocycles. The van der Waals surface area contributed by atoms with E-state index in [0.29, 0.717) is 6.04 Å². The number of anilines is 2. The zero-order chi connectivity index (χ0) is 13.1. The fourth-order valence-electron chi connectivity index (χ4n) is 2.50. The molecule has 5 nitrogen and oxygen atoms in total. The third-order valence-corrected chi connectivity index (χ3v) is 3.59. The molecule has 1 unspecified atom stereocenters. The van der Waals surface area contributed by atoms with Crippen LogP contribution in [0.5, 0.6) is 0 Å². The summed E-state index contributed by atoms with van der Waals surface area (Å²) in [6, 6.07) is 2.56. The summed E-state index contributed by atoms with van der Waals surface area (Å²) in [6.07, 6.45) is 2.49. The molecule has 1 fully saturated rings. The van der Waals surface area contributed by atoms with Crippen molar-refractivity contribution in [2.45, 2.75) is 25.8 Å². The second-order valence-corrected chi connectivity index (χ2v) is 5.08. The molecule has 1 aromatic rings. The molecular weight excluding hydrogens is 226 g/mol. The van der Waals surface area contributed by atoms with E-state index in [9.17, 15) is 0 Å². The van der Waals surface area contributed by atoms with Crippen LogP contribution in [0.2, 0.25) is 0 Å². The first-order valence-corrected chi connectivity index (χ1v) is 6.55. The predicted molar refractivity (Wildman–Crippen MR) is 75.2 cm³/mol. The van der Waals surface area contributed by atoms with E-state index in [1.165, 1.54) is 19.4 Å². The highest BCUT2D eigenvalue weighted by Crippen LogP contribution is 2.21. The first-order chi connectivity index (χ1) is 8.60. The molecule has 0 radical (unpaired) electrons. The van der Waals surface area contributed by atoms with Gasteiger partial charge in [-0.05, 0) is 33.4 Å². The van der Waals surface area contributed by atoms with Crippen LogP contribution >= 0.6 is 0 Å². The van der Waals surface area contributed by atoms with Gasteiger partial charge in [-0.3, -0.25) is 0 Å². The Hall–Kier alpha value is -1.36. The van der Waals surface area contributed by atoms with E-state index in [2.05, 4.69) is 39.2 Å². The Bertz CT molecular complexity index is 406. The highest BCUT2D eigenvalue weighted by Gasteiger charge is 2.22. The van der Waals surface area contributed by atoms with Gasteiger partial charge in [-0.1, -0.05) is 0 Å². The first kappa shape index (κ1) is 13.1. The number of hydrogen-bond acceptors (Lipinski definition) is 5. The highest BCUT2D eigenvalue weighted by atomic mass is 15.2. The molecule has 5 heteroatoms. The molecule has 1 saturated heterocycles. The second kappa shape index (κ2) is 5.52. The number of likely N-dealkylation sites (N-methyl/N-ethyl adjacent to an activating group) is 2. The van der Waals surface area contributed by atoms with E-state index in [1.54, 1.807) is 0 Å². The average molecular weight is 249 g/mol. The Labute approximate surface area is 109 Å². The van der Waals surface area contributed by atoms with Crippen molar-refractivity contribution in [1.82, 2.24) is 14.9 Å². The molecule has 1 aliphatic rings. The summed E-state index contributed by atoms with van der Waals surface area (Å²) in [6.45, 7) is 4.24. The van der Waals surface area contributed by atoms with E-state index in [0.717, 1.165) is 24.0 Å². The van der Waals surface area contributed by atoms with Crippen molar-refractivity contribution in [3.8, 4) is 0 Å². The SMILES string of the molecule is CNc1cc(N(C)C2CCCN(C)C2)nc(C)n1. The molecule has 1 N–H and O–H groups in total. The minimum Gasteiger partial charge on any atom is -0.373 e. The van der Waals surface area contributed by atoms with Crippen LogP contribution in [0.25, 0.3) is 0 Å². The number of piperidine rings is 1. The number of likely N-dealkylation sites (tertiary alicyclic amines) is 1. The van der Waals surface area contributed by atoms with Crippen LogP contribution in [0, 0.1) is 6.92 Å². The van der Waals surface area contributed by atoms with Crippen LogP contribution < -0.4 is 10.2 Å². The summed E-state index contributed by atoms with van der Waals surface area (Å²) in [7, 11) is 6.20. The van der Waals surface area contributed by atoms with Crippen molar-refractivity contribution in [3.05, 3.63) is 11.9 Å². The lowest BCUT2D eigenvalue weighted by Gasteiger charge is -2.36. The Morgan fingerprint density at radius 1 is 1.44 bits per heavy atom. The minimum absolute atomic E-state index is 0.544. The quantitative estimate of drug-likeness (QED) is 0.876. The summed E-state index contributed by atoms with van der Waals surface area (Å²) in [4.78, 5) is 13.5. The van der Waals surface area contributed by atoms with Crippen molar-refractivity contribution in [2.75, 3.05) is 44.4 Å². The van der Waals surface area contributed by atoms with Crippen molar-refractivity contribution in [2.24, 2.45) is 0 Å². The normalized spacial score (nSPS) is 20.8. The van der Waals surface area contributed by atoms with E-state index < -0.39 is 0 Å². The molecular formula is C13H23N5. The van der Waals surface area contributed by atoms with Crippen LogP contribution in [0.15, 0.2) is 6.07 Å². The minimum atomic E-state index is 0.544. The molecule has 18 heavy (non-hydrogen) atoms. The molecule has 1 aliphatic heterocycles. The average Bonchev–Trinajstić information content (AvgIpc) is 2.37.